The van der Waals surface area contributed by atoms with Gasteiger partial charge in [0.15, 0.2) is 5.69 Å². The van der Waals surface area contributed by atoms with Crippen LogP contribution < -0.4 is 5.32 Å². The molecule has 1 atom stereocenters. The highest BCUT2D eigenvalue weighted by molar-refractivity contribution is 7.98. The van der Waals surface area contributed by atoms with E-state index in [1.165, 1.54) is 0 Å². The minimum absolute atomic E-state index is 0.357. The van der Waals surface area contributed by atoms with E-state index in [1.807, 2.05) is 36.0 Å². The Hall–Kier alpha value is -1.80. The second-order valence-corrected chi connectivity index (χ2v) is 5.40. The van der Waals surface area contributed by atoms with Gasteiger partial charge in [0.2, 0.25) is 0 Å². The van der Waals surface area contributed by atoms with Crippen molar-refractivity contribution in [1.29, 1.82) is 5.26 Å². The van der Waals surface area contributed by atoms with Crippen molar-refractivity contribution in [2.75, 3.05) is 23.9 Å². The largest absolute Gasteiger partial charge is 0.382 e. The van der Waals surface area contributed by atoms with E-state index in [2.05, 4.69) is 34.8 Å². The molecule has 0 saturated heterocycles. The number of hydrogen-bond acceptors (Lipinski definition) is 5. The first kappa shape index (κ1) is 13.6. The quantitative estimate of drug-likeness (QED) is 0.906. The van der Waals surface area contributed by atoms with E-state index in [0.717, 1.165) is 28.9 Å². The van der Waals surface area contributed by atoms with E-state index in [4.69, 9.17) is 5.26 Å². The maximum atomic E-state index is 9.15. The molecular formula is C14H16N4S. The number of nitrogens with one attached hydrogen (secondary N) is 1. The molecular weight excluding hydrogens is 256 g/mol. The Morgan fingerprint density at radius 3 is 2.89 bits per heavy atom. The third kappa shape index (κ3) is 3.15. The normalized spacial score (nSPS) is 12.1. The molecule has 0 saturated carbocycles. The van der Waals surface area contributed by atoms with Gasteiger partial charge in [-0.2, -0.15) is 17.0 Å². The molecule has 0 aliphatic rings. The van der Waals surface area contributed by atoms with Gasteiger partial charge in [0.05, 0.1) is 11.2 Å². The van der Waals surface area contributed by atoms with Crippen LogP contribution in [0.4, 0.5) is 5.69 Å². The Bertz CT molecular complexity index is 606. The molecule has 2 rings (SSSR count). The van der Waals surface area contributed by atoms with Crippen molar-refractivity contribution in [2.24, 2.45) is 5.92 Å². The molecule has 19 heavy (non-hydrogen) atoms. The zero-order valence-corrected chi connectivity index (χ0v) is 11.9. The van der Waals surface area contributed by atoms with Crippen LogP contribution in [0.15, 0.2) is 24.3 Å². The van der Waals surface area contributed by atoms with Gasteiger partial charge in [-0.25, -0.2) is 0 Å². The van der Waals surface area contributed by atoms with Crippen LogP contribution >= 0.6 is 11.8 Å². The van der Waals surface area contributed by atoms with E-state index in [1.54, 1.807) is 0 Å². The number of benzene rings is 1. The summed E-state index contributed by atoms with van der Waals surface area (Å²) < 4.78 is 0. The Labute approximate surface area is 117 Å². The molecule has 0 fully saturated rings. The maximum Gasteiger partial charge on any atom is 0.186 e. The topological polar surface area (TPSA) is 61.6 Å². The third-order valence-corrected chi connectivity index (χ3v) is 3.75. The monoisotopic (exact) mass is 272 g/mol. The summed E-state index contributed by atoms with van der Waals surface area (Å²) >= 11 is 1.83. The molecule has 98 valence electrons. The first-order valence-corrected chi connectivity index (χ1v) is 7.54. The molecule has 0 radical (unpaired) electrons. The van der Waals surface area contributed by atoms with Crippen LogP contribution in [0.2, 0.25) is 0 Å². The highest BCUT2D eigenvalue weighted by atomic mass is 32.2. The molecule has 0 aliphatic carbocycles. The van der Waals surface area contributed by atoms with Gasteiger partial charge in [0.1, 0.15) is 6.07 Å². The molecule has 1 unspecified atom stereocenters. The summed E-state index contributed by atoms with van der Waals surface area (Å²) in [5, 5.41) is 21.5. The molecule has 1 aromatic carbocycles. The number of nitrogens with zero attached hydrogens (tertiary/aromatic N) is 3. The Morgan fingerprint density at radius 2 is 2.16 bits per heavy atom. The van der Waals surface area contributed by atoms with E-state index in [0.29, 0.717) is 11.6 Å². The molecule has 5 heteroatoms. The minimum atomic E-state index is 0.357. The Morgan fingerprint density at radius 1 is 1.37 bits per heavy atom. The summed E-state index contributed by atoms with van der Waals surface area (Å²) in [5.41, 5.74) is 1.96. The molecule has 0 amide bonds. The van der Waals surface area contributed by atoms with Gasteiger partial charge in [-0.1, -0.05) is 25.1 Å². The molecule has 1 aromatic heterocycles. The molecule has 0 aliphatic heterocycles. The number of thioether (sulfide) groups is 1. The van der Waals surface area contributed by atoms with Crippen LogP contribution in [0.1, 0.15) is 12.6 Å². The lowest BCUT2D eigenvalue weighted by Gasteiger charge is -2.14. The summed E-state index contributed by atoms with van der Waals surface area (Å²) in [7, 11) is 0. The van der Waals surface area contributed by atoms with Crippen molar-refractivity contribution in [3.63, 3.8) is 0 Å². The van der Waals surface area contributed by atoms with Crippen LogP contribution in [0.3, 0.4) is 0 Å². The molecule has 0 spiro atoms. The van der Waals surface area contributed by atoms with Crippen molar-refractivity contribution in [3.8, 4) is 6.07 Å². The number of rotatable bonds is 5. The summed E-state index contributed by atoms with van der Waals surface area (Å²) in [5.74, 6) is 1.62. The van der Waals surface area contributed by atoms with Crippen LogP contribution in [0.5, 0.6) is 0 Å². The standard InChI is InChI=1S/C14H16N4S/c1-10(9-19-2)8-16-14-11-5-3-4-6-12(11)17-18-13(14)7-15/h3-6,10H,8-9H2,1-2H3,(H,16,17). The first-order valence-electron chi connectivity index (χ1n) is 6.14. The van der Waals surface area contributed by atoms with Crippen molar-refractivity contribution < 1.29 is 0 Å². The zero-order valence-electron chi connectivity index (χ0n) is 11.1. The van der Waals surface area contributed by atoms with Gasteiger partial charge >= 0.3 is 0 Å². The molecule has 1 N–H and O–H groups in total. The molecule has 0 bridgehead atoms. The van der Waals surface area contributed by atoms with Crippen LogP contribution in [-0.2, 0) is 0 Å². The molecule has 1 heterocycles. The van der Waals surface area contributed by atoms with Gasteiger partial charge in [0, 0.05) is 11.9 Å². The Balaban J connectivity index is 2.32. The summed E-state index contributed by atoms with van der Waals surface area (Å²) in [4.78, 5) is 0. The minimum Gasteiger partial charge on any atom is -0.382 e. The van der Waals surface area contributed by atoms with Gasteiger partial charge in [-0.05, 0) is 24.0 Å². The lowest BCUT2D eigenvalue weighted by molar-refractivity contribution is 0.701. The van der Waals surface area contributed by atoms with E-state index >= 15 is 0 Å². The van der Waals surface area contributed by atoms with Gasteiger partial charge < -0.3 is 5.32 Å². The average Bonchev–Trinajstić information content (AvgIpc) is 2.44. The van der Waals surface area contributed by atoms with Crippen molar-refractivity contribution in [3.05, 3.63) is 30.0 Å². The Kier molecular flexibility index (Phi) is 4.58. The fourth-order valence-electron chi connectivity index (χ4n) is 1.93. The lowest BCUT2D eigenvalue weighted by atomic mass is 10.1. The summed E-state index contributed by atoms with van der Waals surface area (Å²) in [6.45, 7) is 3.01. The van der Waals surface area contributed by atoms with Crippen molar-refractivity contribution in [1.82, 2.24) is 10.2 Å². The molecule has 2 aromatic rings. The third-order valence-electron chi connectivity index (χ3n) is 2.85. The second kappa shape index (κ2) is 6.39. The second-order valence-electron chi connectivity index (χ2n) is 4.49. The van der Waals surface area contributed by atoms with E-state index in [-0.39, 0.29) is 0 Å². The number of anilines is 1. The fraction of sp³-hybridized carbons (Fsp3) is 0.357. The number of aromatic nitrogens is 2. The smallest absolute Gasteiger partial charge is 0.186 e. The predicted octanol–water partition coefficient (Wildman–Crippen LogP) is 2.91. The van der Waals surface area contributed by atoms with Gasteiger partial charge in [0.25, 0.3) is 0 Å². The lowest BCUT2D eigenvalue weighted by Crippen LogP contribution is -2.15. The van der Waals surface area contributed by atoms with E-state index < -0.39 is 0 Å². The highest BCUT2D eigenvalue weighted by Gasteiger charge is 2.11. The van der Waals surface area contributed by atoms with Gasteiger partial charge in [-0.3, -0.25) is 0 Å². The average molecular weight is 272 g/mol. The zero-order chi connectivity index (χ0) is 13.7. The van der Waals surface area contributed by atoms with Crippen LogP contribution in [0.25, 0.3) is 10.9 Å². The van der Waals surface area contributed by atoms with Crippen molar-refractivity contribution >= 4 is 28.4 Å². The van der Waals surface area contributed by atoms with Crippen LogP contribution in [-0.4, -0.2) is 28.8 Å². The van der Waals surface area contributed by atoms with Gasteiger partial charge in [-0.15, -0.1) is 10.2 Å². The first-order chi connectivity index (χ1) is 9.26. The predicted molar refractivity (Wildman–Crippen MR) is 80.3 cm³/mol. The summed E-state index contributed by atoms with van der Waals surface area (Å²) in [6.07, 6.45) is 2.10. The number of fused-ring (bicyclic) bond motifs is 1. The fourth-order valence-corrected chi connectivity index (χ4v) is 2.62. The van der Waals surface area contributed by atoms with E-state index in [9.17, 15) is 0 Å². The summed E-state index contributed by atoms with van der Waals surface area (Å²) in [6, 6.07) is 9.84. The number of nitriles is 1. The maximum absolute atomic E-state index is 9.15. The number of hydrogen-bond donors (Lipinski definition) is 1. The van der Waals surface area contributed by atoms with Crippen LogP contribution in [0, 0.1) is 17.2 Å². The SMILES string of the molecule is CSCC(C)CNc1c(C#N)nnc2ccccc12. The molecule has 4 nitrogen and oxygen atoms in total. The highest BCUT2D eigenvalue weighted by Crippen LogP contribution is 2.24. The van der Waals surface area contributed by atoms with Crippen molar-refractivity contribution in [2.45, 2.75) is 6.92 Å².